The molecular formula is C16H31N3O. The number of nitrogens with one attached hydrogen (secondary N) is 1. The lowest BCUT2D eigenvalue weighted by Crippen LogP contribution is -2.46. The van der Waals surface area contributed by atoms with Crippen LogP contribution in [-0.2, 0) is 4.79 Å². The lowest BCUT2D eigenvalue weighted by Gasteiger charge is -2.33. The molecule has 0 spiro atoms. The molecule has 1 saturated heterocycles. The van der Waals surface area contributed by atoms with E-state index in [2.05, 4.69) is 17.3 Å². The minimum Gasteiger partial charge on any atom is -0.356 e. The van der Waals surface area contributed by atoms with Crippen LogP contribution in [0.5, 0.6) is 0 Å². The largest absolute Gasteiger partial charge is 0.356 e. The molecule has 1 aliphatic heterocycles. The Bertz CT molecular complexity index is 305. The molecular weight excluding hydrogens is 250 g/mol. The first-order valence-electron chi connectivity index (χ1n) is 8.31. The van der Waals surface area contributed by atoms with Gasteiger partial charge in [0, 0.05) is 18.5 Å². The number of hydrogen-bond donors (Lipinski definition) is 2. The molecule has 1 heterocycles. The third kappa shape index (κ3) is 5.06. The number of nitrogens with zero attached hydrogens (tertiary/aromatic N) is 1. The van der Waals surface area contributed by atoms with Gasteiger partial charge < -0.3 is 16.0 Å². The van der Waals surface area contributed by atoms with Crippen LogP contribution in [0.4, 0.5) is 0 Å². The van der Waals surface area contributed by atoms with E-state index in [-0.39, 0.29) is 11.4 Å². The van der Waals surface area contributed by atoms with Gasteiger partial charge in [0.15, 0.2) is 0 Å². The molecule has 1 aliphatic carbocycles. The van der Waals surface area contributed by atoms with Crippen molar-refractivity contribution in [1.82, 2.24) is 10.2 Å². The van der Waals surface area contributed by atoms with Crippen molar-refractivity contribution in [2.24, 2.45) is 11.7 Å². The number of hydrogen-bond acceptors (Lipinski definition) is 3. The number of carbonyl (C=O) groups excluding carboxylic acids is 1. The maximum atomic E-state index is 12.0. The number of nitrogens with two attached hydrogens (primary N) is 1. The fraction of sp³-hybridized carbons (Fsp3) is 0.938. The van der Waals surface area contributed by atoms with Gasteiger partial charge in [-0.3, -0.25) is 4.79 Å². The molecule has 0 aromatic rings. The third-order valence-electron chi connectivity index (χ3n) is 5.07. The topological polar surface area (TPSA) is 58.4 Å². The molecule has 2 fully saturated rings. The summed E-state index contributed by atoms with van der Waals surface area (Å²) < 4.78 is 0. The van der Waals surface area contributed by atoms with Gasteiger partial charge in [0.1, 0.15) is 0 Å². The van der Waals surface area contributed by atoms with E-state index >= 15 is 0 Å². The molecule has 20 heavy (non-hydrogen) atoms. The van der Waals surface area contributed by atoms with Crippen molar-refractivity contribution in [2.75, 3.05) is 26.7 Å². The van der Waals surface area contributed by atoms with Crippen LogP contribution in [0, 0.1) is 5.92 Å². The summed E-state index contributed by atoms with van der Waals surface area (Å²) in [4.78, 5) is 14.4. The van der Waals surface area contributed by atoms with Crippen LogP contribution in [0.15, 0.2) is 0 Å². The van der Waals surface area contributed by atoms with E-state index in [1.54, 1.807) is 0 Å². The van der Waals surface area contributed by atoms with Gasteiger partial charge >= 0.3 is 0 Å². The van der Waals surface area contributed by atoms with Crippen LogP contribution in [0.1, 0.15) is 57.8 Å². The fourth-order valence-electron chi connectivity index (χ4n) is 3.58. The van der Waals surface area contributed by atoms with Crippen molar-refractivity contribution in [3.8, 4) is 0 Å². The first-order valence-corrected chi connectivity index (χ1v) is 8.31. The summed E-state index contributed by atoms with van der Waals surface area (Å²) in [7, 11) is 2.18. The molecule has 0 aromatic heterocycles. The zero-order valence-corrected chi connectivity index (χ0v) is 13.0. The monoisotopic (exact) mass is 281 g/mol. The molecule has 0 unspecified atom stereocenters. The van der Waals surface area contributed by atoms with E-state index < -0.39 is 0 Å². The zero-order valence-electron chi connectivity index (χ0n) is 13.0. The lowest BCUT2D eigenvalue weighted by atomic mass is 9.80. The van der Waals surface area contributed by atoms with Crippen molar-refractivity contribution in [3.63, 3.8) is 0 Å². The average Bonchev–Trinajstić information content (AvgIpc) is 2.41. The van der Waals surface area contributed by atoms with Gasteiger partial charge in [0.05, 0.1) is 0 Å². The second-order valence-electron chi connectivity index (χ2n) is 6.99. The van der Waals surface area contributed by atoms with Crippen molar-refractivity contribution in [2.45, 2.75) is 63.3 Å². The maximum Gasteiger partial charge on any atom is 0.221 e. The Hall–Kier alpha value is -0.610. The SMILES string of the molecule is CN1CCC(CCNC(=O)CC2(N)CCCCC2)CC1. The van der Waals surface area contributed by atoms with Crippen LogP contribution in [0.25, 0.3) is 0 Å². The summed E-state index contributed by atoms with van der Waals surface area (Å²) >= 11 is 0. The highest BCUT2D eigenvalue weighted by Gasteiger charge is 2.29. The minimum atomic E-state index is -0.226. The van der Waals surface area contributed by atoms with Crippen molar-refractivity contribution in [1.29, 1.82) is 0 Å². The lowest BCUT2D eigenvalue weighted by molar-refractivity contribution is -0.122. The normalized spacial score (nSPS) is 24.5. The predicted molar refractivity (Wildman–Crippen MR) is 82.5 cm³/mol. The number of rotatable bonds is 5. The molecule has 3 N–H and O–H groups in total. The van der Waals surface area contributed by atoms with Crippen LogP contribution < -0.4 is 11.1 Å². The minimum absolute atomic E-state index is 0.155. The van der Waals surface area contributed by atoms with Gasteiger partial charge in [0.2, 0.25) is 5.91 Å². The highest BCUT2D eigenvalue weighted by atomic mass is 16.1. The molecule has 0 bridgehead atoms. The van der Waals surface area contributed by atoms with Gasteiger partial charge in [-0.15, -0.1) is 0 Å². The van der Waals surface area contributed by atoms with Gasteiger partial charge in [-0.05, 0) is 58.2 Å². The van der Waals surface area contributed by atoms with Gasteiger partial charge in [-0.1, -0.05) is 19.3 Å². The second-order valence-corrected chi connectivity index (χ2v) is 6.99. The van der Waals surface area contributed by atoms with E-state index in [1.165, 1.54) is 45.2 Å². The Morgan fingerprint density at radius 2 is 1.90 bits per heavy atom. The summed E-state index contributed by atoms with van der Waals surface area (Å²) in [5, 5.41) is 3.08. The number of carbonyl (C=O) groups is 1. The molecule has 2 aliphatic rings. The predicted octanol–water partition coefficient (Wildman–Crippen LogP) is 1.89. The first-order chi connectivity index (χ1) is 9.57. The molecule has 1 amide bonds. The molecule has 0 radical (unpaired) electrons. The van der Waals surface area contributed by atoms with E-state index in [0.29, 0.717) is 6.42 Å². The summed E-state index contributed by atoms with van der Waals surface area (Å²) in [6.07, 6.45) is 9.83. The van der Waals surface area contributed by atoms with Crippen LogP contribution in [-0.4, -0.2) is 43.0 Å². The van der Waals surface area contributed by atoms with Crippen LogP contribution in [0.2, 0.25) is 0 Å². The number of likely N-dealkylation sites (tertiary alicyclic amines) is 1. The summed E-state index contributed by atoms with van der Waals surface area (Å²) in [6, 6.07) is 0. The molecule has 0 atom stereocenters. The Balaban J connectivity index is 1.60. The standard InChI is InChI=1S/C16H31N3O/c1-19-11-6-14(7-12-19)5-10-18-15(20)13-16(17)8-3-2-4-9-16/h14H,2-13,17H2,1H3,(H,18,20). The van der Waals surface area contributed by atoms with Gasteiger partial charge in [-0.2, -0.15) is 0 Å². The molecule has 116 valence electrons. The van der Waals surface area contributed by atoms with Crippen molar-refractivity contribution >= 4 is 5.91 Å². The maximum absolute atomic E-state index is 12.0. The first kappa shape index (κ1) is 15.8. The average molecular weight is 281 g/mol. The Labute approximate surface area is 123 Å². The van der Waals surface area contributed by atoms with E-state index in [0.717, 1.165) is 31.7 Å². The summed E-state index contributed by atoms with van der Waals surface area (Å²) in [5.41, 5.74) is 6.10. The van der Waals surface area contributed by atoms with Gasteiger partial charge in [0.25, 0.3) is 0 Å². The molecule has 1 saturated carbocycles. The number of piperidine rings is 1. The third-order valence-corrected chi connectivity index (χ3v) is 5.07. The zero-order chi connectivity index (χ0) is 14.4. The summed E-state index contributed by atoms with van der Waals surface area (Å²) in [5.74, 6) is 0.940. The van der Waals surface area contributed by atoms with E-state index in [1.807, 2.05) is 0 Å². The van der Waals surface area contributed by atoms with Crippen molar-refractivity contribution < 1.29 is 4.79 Å². The van der Waals surface area contributed by atoms with E-state index in [9.17, 15) is 4.79 Å². The highest BCUT2D eigenvalue weighted by Crippen LogP contribution is 2.28. The smallest absolute Gasteiger partial charge is 0.221 e. The molecule has 4 nitrogen and oxygen atoms in total. The quantitative estimate of drug-likeness (QED) is 0.809. The molecule has 2 rings (SSSR count). The Morgan fingerprint density at radius 1 is 1.25 bits per heavy atom. The number of amides is 1. The summed E-state index contributed by atoms with van der Waals surface area (Å²) in [6.45, 7) is 3.22. The second kappa shape index (κ2) is 7.41. The Morgan fingerprint density at radius 3 is 2.55 bits per heavy atom. The van der Waals surface area contributed by atoms with Crippen molar-refractivity contribution in [3.05, 3.63) is 0 Å². The Kier molecular flexibility index (Phi) is 5.85. The van der Waals surface area contributed by atoms with E-state index in [4.69, 9.17) is 5.73 Å². The highest BCUT2D eigenvalue weighted by molar-refractivity contribution is 5.77. The molecule has 0 aromatic carbocycles. The van der Waals surface area contributed by atoms with Gasteiger partial charge in [-0.25, -0.2) is 0 Å². The van der Waals surface area contributed by atoms with Crippen LogP contribution >= 0.6 is 0 Å². The fourth-order valence-corrected chi connectivity index (χ4v) is 3.58. The van der Waals surface area contributed by atoms with Crippen LogP contribution in [0.3, 0.4) is 0 Å². The molecule has 4 heteroatoms.